The van der Waals surface area contributed by atoms with E-state index in [1.807, 2.05) is 0 Å². The Morgan fingerprint density at radius 3 is 2.33 bits per heavy atom. The Hall–Kier alpha value is -0.390. The van der Waals surface area contributed by atoms with E-state index in [9.17, 15) is 8.60 Å². The zero-order valence-electron chi connectivity index (χ0n) is 5.91. The van der Waals surface area contributed by atoms with Gasteiger partial charge in [-0.2, -0.15) is 4.39 Å². The van der Waals surface area contributed by atoms with Gasteiger partial charge < -0.3 is 4.55 Å². The van der Waals surface area contributed by atoms with Crippen LogP contribution in [0.25, 0.3) is 0 Å². The van der Waals surface area contributed by atoms with Crippen LogP contribution < -0.4 is 0 Å². The third-order valence-corrected chi connectivity index (χ3v) is 3.92. The summed E-state index contributed by atoms with van der Waals surface area (Å²) in [5, 5.41) is 0. The molecule has 0 saturated carbocycles. The molecule has 0 amide bonds. The molecule has 0 saturated heterocycles. The lowest BCUT2D eigenvalue weighted by Crippen LogP contribution is -2.04. The Bertz CT molecular complexity index is 378. The van der Waals surface area contributed by atoms with Crippen molar-refractivity contribution < 1.29 is 13.2 Å². The van der Waals surface area contributed by atoms with Crippen molar-refractivity contribution in [3.63, 3.8) is 0 Å². The molecule has 0 heterocycles. The van der Waals surface area contributed by atoms with Crippen LogP contribution in [-0.4, -0.2) is 12.8 Å². The standard InChI is InChI=1S/C7H6BrFO2S/c8-7(9)12(10,11)6-4-2-1-3-5-6/h1-5H,(H,10,11). The number of hydrogen-bond donors (Lipinski definition) is 1. The minimum atomic E-state index is -3.66. The van der Waals surface area contributed by atoms with Crippen LogP contribution in [0.2, 0.25) is 0 Å². The fraction of sp³-hybridized carbons (Fsp3) is 0. The third-order valence-electron chi connectivity index (χ3n) is 1.27. The van der Waals surface area contributed by atoms with Gasteiger partial charge >= 0.3 is 0 Å². The highest BCUT2D eigenvalue weighted by Crippen LogP contribution is 2.12. The molecule has 1 unspecified atom stereocenters. The first-order chi connectivity index (χ1) is 5.55. The van der Waals surface area contributed by atoms with Crippen LogP contribution in [0, 0.1) is 0 Å². The maximum atomic E-state index is 12.5. The van der Waals surface area contributed by atoms with Gasteiger partial charge in [-0.3, -0.25) is 0 Å². The first-order valence-corrected chi connectivity index (χ1v) is 5.35. The predicted molar refractivity (Wildman–Crippen MR) is 50.5 cm³/mol. The van der Waals surface area contributed by atoms with Crippen molar-refractivity contribution >= 4 is 29.8 Å². The molecule has 12 heavy (non-hydrogen) atoms. The summed E-state index contributed by atoms with van der Waals surface area (Å²) < 4.78 is 31.6. The first kappa shape index (κ1) is 9.70. The first-order valence-electron chi connectivity index (χ1n) is 3.05. The van der Waals surface area contributed by atoms with Gasteiger partial charge in [0.2, 0.25) is 4.03 Å². The topological polar surface area (TPSA) is 37.3 Å². The van der Waals surface area contributed by atoms with Crippen LogP contribution in [0.5, 0.6) is 0 Å². The molecule has 2 nitrogen and oxygen atoms in total. The SMILES string of the molecule is O=S(O)(=C(F)Br)c1ccccc1. The molecule has 66 valence electrons. The molecule has 5 heteroatoms. The molecule has 0 aliphatic heterocycles. The van der Waals surface area contributed by atoms with Crippen molar-refractivity contribution in [2.75, 3.05) is 0 Å². The molecule has 0 aliphatic carbocycles. The maximum Gasteiger partial charge on any atom is 0.246 e. The van der Waals surface area contributed by atoms with Crippen molar-refractivity contribution in [1.82, 2.24) is 0 Å². The van der Waals surface area contributed by atoms with Gasteiger partial charge in [0.05, 0.1) is 4.90 Å². The lowest BCUT2D eigenvalue weighted by atomic mass is 10.4. The maximum absolute atomic E-state index is 12.5. The third kappa shape index (κ3) is 1.85. The lowest BCUT2D eigenvalue weighted by Gasteiger charge is -2.01. The van der Waals surface area contributed by atoms with Gasteiger partial charge in [-0.15, -0.1) is 0 Å². The molecule has 1 aromatic carbocycles. The summed E-state index contributed by atoms with van der Waals surface area (Å²) >= 11 is 2.36. The van der Waals surface area contributed by atoms with E-state index in [1.165, 1.54) is 12.1 Å². The smallest absolute Gasteiger partial charge is 0.246 e. The van der Waals surface area contributed by atoms with Crippen LogP contribution >= 0.6 is 15.9 Å². The second-order valence-corrected chi connectivity index (χ2v) is 5.17. The molecule has 1 rings (SSSR count). The highest BCUT2D eigenvalue weighted by atomic mass is 79.9. The fourth-order valence-electron chi connectivity index (χ4n) is 0.694. The van der Waals surface area contributed by atoms with Crippen LogP contribution in [-0.2, 0) is 9.80 Å². The van der Waals surface area contributed by atoms with Gasteiger partial charge in [-0.25, -0.2) is 4.21 Å². The summed E-state index contributed by atoms with van der Waals surface area (Å²) in [7, 11) is -3.66. The summed E-state index contributed by atoms with van der Waals surface area (Å²) in [4.78, 5) is 0.0550. The number of benzene rings is 1. The van der Waals surface area contributed by atoms with Crippen molar-refractivity contribution in [1.29, 1.82) is 0 Å². The molecule has 0 fully saturated rings. The zero-order chi connectivity index (χ0) is 9.19. The largest absolute Gasteiger partial charge is 0.307 e. The van der Waals surface area contributed by atoms with Crippen LogP contribution in [0.15, 0.2) is 35.2 Å². The van der Waals surface area contributed by atoms with E-state index >= 15 is 0 Å². The van der Waals surface area contributed by atoms with Gasteiger partial charge in [-0.1, -0.05) is 18.2 Å². The van der Waals surface area contributed by atoms with E-state index in [2.05, 4.69) is 15.9 Å². The van der Waals surface area contributed by atoms with E-state index in [-0.39, 0.29) is 4.90 Å². The average molecular weight is 253 g/mol. The summed E-state index contributed by atoms with van der Waals surface area (Å²) in [6.07, 6.45) is 0. The molecular weight excluding hydrogens is 247 g/mol. The molecule has 1 N–H and O–H groups in total. The number of hydrogen-bond acceptors (Lipinski definition) is 1. The molecule has 0 radical (unpaired) electrons. The highest BCUT2D eigenvalue weighted by Gasteiger charge is 2.11. The van der Waals surface area contributed by atoms with Gasteiger partial charge in [0.15, 0.2) is 9.80 Å². The van der Waals surface area contributed by atoms with E-state index in [0.717, 1.165) is 0 Å². The Kier molecular flexibility index (Phi) is 2.87. The second kappa shape index (κ2) is 3.55. The van der Waals surface area contributed by atoms with Crippen molar-refractivity contribution in [3.05, 3.63) is 30.3 Å². The van der Waals surface area contributed by atoms with E-state index < -0.39 is 13.8 Å². The van der Waals surface area contributed by atoms with Crippen molar-refractivity contribution in [2.24, 2.45) is 0 Å². The molecule has 1 aromatic rings. The minimum Gasteiger partial charge on any atom is -0.307 e. The molecule has 0 aliphatic rings. The van der Waals surface area contributed by atoms with Gasteiger partial charge in [-0.05, 0) is 28.1 Å². The second-order valence-electron chi connectivity index (χ2n) is 2.06. The molecule has 0 spiro atoms. The summed E-state index contributed by atoms with van der Waals surface area (Å²) in [5.41, 5.74) is 0. The fourth-order valence-corrected chi connectivity index (χ4v) is 1.96. The summed E-state index contributed by atoms with van der Waals surface area (Å²) in [6.45, 7) is 0. The quantitative estimate of drug-likeness (QED) is 0.615. The van der Waals surface area contributed by atoms with Gasteiger partial charge in [0, 0.05) is 0 Å². The average Bonchev–Trinajstić information content (AvgIpc) is 2.06. The van der Waals surface area contributed by atoms with E-state index in [4.69, 9.17) is 4.55 Å². The van der Waals surface area contributed by atoms with Gasteiger partial charge in [0.1, 0.15) is 0 Å². The summed E-state index contributed by atoms with van der Waals surface area (Å²) in [6, 6.07) is 7.61. The van der Waals surface area contributed by atoms with Crippen LogP contribution in [0.3, 0.4) is 0 Å². The Balaban J connectivity index is 3.36. The molecule has 0 bridgehead atoms. The summed E-state index contributed by atoms with van der Waals surface area (Å²) in [5.74, 6) is 0. The highest BCUT2D eigenvalue weighted by molar-refractivity contribution is 9.20. The lowest BCUT2D eigenvalue weighted by molar-refractivity contribution is 0.557. The normalized spacial score (nSPS) is 15.2. The Morgan fingerprint density at radius 1 is 1.42 bits per heavy atom. The van der Waals surface area contributed by atoms with Crippen LogP contribution in [0.4, 0.5) is 4.39 Å². The zero-order valence-corrected chi connectivity index (χ0v) is 8.31. The van der Waals surface area contributed by atoms with Crippen molar-refractivity contribution in [3.8, 4) is 0 Å². The number of rotatable bonds is 1. The van der Waals surface area contributed by atoms with Crippen molar-refractivity contribution in [2.45, 2.75) is 4.90 Å². The van der Waals surface area contributed by atoms with Crippen LogP contribution in [0.1, 0.15) is 0 Å². The van der Waals surface area contributed by atoms with Gasteiger partial charge in [0.25, 0.3) is 0 Å². The Morgan fingerprint density at radius 2 is 1.92 bits per heavy atom. The Labute approximate surface area is 78.4 Å². The monoisotopic (exact) mass is 252 g/mol. The molecule has 0 aromatic heterocycles. The predicted octanol–water partition coefficient (Wildman–Crippen LogP) is 2.25. The molecule has 1 atom stereocenters. The van der Waals surface area contributed by atoms with E-state index in [0.29, 0.717) is 0 Å². The van der Waals surface area contributed by atoms with E-state index in [1.54, 1.807) is 18.2 Å². The molecular formula is C7H6BrFO2S. The number of halogens is 2. The minimum absolute atomic E-state index is 0.0550.